The molecule has 3 N–H and O–H groups in total. The Hall–Kier alpha value is -2.90. The van der Waals surface area contributed by atoms with Crippen molar-refractivity contribution in [2.24, 2.45) is 17.6 Å². The molecule has 1 saturated heterocycles. The number of benzene rings is 2. The summed E-state index contributed by atoms with van der Waals surface area (Å²) in [7, 11) is 1.69. The fraction of sp³-hybridized carbons (Fsp3) is 0.562. The van der Waals surface area contributed by atoms with Gasteiger partial charge in [0.1, 0.15) is 11.8 Å². The lowest BCUT2D eigenvalue weighted by atomic mass is 9.82. The average Bonchev–Trinajstić information content (AvgIpc) is 2.96. The van der Waals surface area contributed by atoms with Crippen molar-refractivity contribution < 1.29 is 14.3 Å². The molecule has 1 aliphatic carbocycles. The highest BCUT2D eigenvalue weighted by atomic mass is 16.5. The molecule has 2 aromatic carbocycles. The van der Waals surface area contributed by atoms with Crippen molar-refractivity contribution in [1.29, 1.82) is 0 Å². The van der Waals surface area contributed by atoms with Gasteiger partial charge in [-0.25, -0.2) is 0 Å². The number of hydrogen-bond donors (Lipinski definition) is 2. The highest BCUT2D eigenvalue weighted by molar-refractivity contribution is 5.87. The Balaban J connectivity index is 1.48. The van der Waals surface area contributed by atoms with Gasteiger partial charge in [0, 0.05) is 39.1 Å². The number of nitrogens with zero attached hydrogens (tertiary/aromatic N) is 2. The molecule has 0 radical (unpaired) electrons. The Morgan fingerprint density at radius 3 is 2.36 bits per heavy atom. The van der Waals surface area contributed by atoms with Crippen LogP contribution in [-0.2, 0) is 22.7 Å². The molecule has 1 saturated carbocycles. The first kappa shape index (κ1) is 29.1. The van der Waals surface area contributed by atoms with Crippen LogP contribution in [0.1, 0.15) is 62.1 Å². The number of carbonyl (C=O) groups excluding carboxylic acids is 2. The summed E-state index contributed by atoms with van der Waals surface area (Å²) in [6.45, 7) is 7.22. The van der Waals surface area contributed by atoms with Crippen molar-refractivity contribution in [2.45, 2.75) is 77.5 Å². The molecular formula is C32H46N4O3. The first-order chi connectivity index (χ1) is 18.9. The molecule has 2 fully saturated rings. The van der Waals surface area contributed by atoms with Gasteiger partial charge in [-0.15, -0.1) is 0 Å². The number of nitrogens with two attached hydrogens (primary N) is 1. The van der Waals surface area contributed by atoms with Crippen molar-refractivity contribution in [3.05, 3.63) is 65.2 Å². The van der Waals surface area contributed by atoms with Crippen LogP contribution in [0.15, 0.2) is 48.5 Å². The van der Waals surface area contributed by atoms with Gasteiger partial charge in [-0.2, -0.15) is 0 Å². The van der Waals surface area contributed by atoms with E-state index in [1.54, 1.807) is 18.9 Å². The second-order valence-electron chi connectivity index (χ2n) is 11.5. The molecule has 0 spiro atoms. The van der Waals surface area contributed by atoms with E-state index in [4.69, 9.17) is 10.5 Å². The largest absolute Gasteiger partial charge is 0.497 e. The van der Waals surface area contributed by atoms with E-state index in [2.05, 4.69) is 53.5 Å². The Bertz CT molecular complexity index is 1080. The lowest BCUT2D eigenvalue weighted by Gasteiger charge is -2.43. The van der Waals surface area contributed by atoms with Crippen LogP contribution in [0.25, 0.3) is 0 Å². The van der Waals surface area contributed by atoms with E-state index in [0.717, 1.165) is 57.5 Å². The molecule has 1 heterocycles. The molecule has 1 aliphatic heterocycles. The van der Waals surface area contributed by atoms with Gasteiger partial charge in [0.25, 0.3) is 0 Å². The maximum absolute atomic E-state index is 13.5. The number of likely N-dealkylation sites (tertiary alicyclic amines) is 1. The summed E-state index contributed by atoms with van der Waals surface area (Å²) in [5, 5.41) is 3.22. The fourth-order valence-electron chi connectivity index (χ4n) is 6.19. The topological polar surface area (TPSA) is 87.9 Å². The van der Waals surface area contributed by atoms with E-state index in [1.165, 1.54) is 16.7 Å². The zero-order valence-electron chi connectivity index (χ0n) is 23.9. The molecule has 2 amide bonds. The minimum Gasteiger partial charge on any atom is -0.497 e. The van der Waals surface area contributed by atoms with Crippen LogP contribution in [0.4, 0.5) is 0 Å². The molecule has 1 unspecified atom stereocenters. The van der Waals surface area contributed by atoms with Crippen LogP contribution >= 0.6 is 0 Å². The monoisotopic (exact) mass is 534 g/mol. The average molecular weight is 535 g/mol. The third-order valence-corrected chi connectivity index (χ3v) is 8.69. The van der Waals surface area contributed by atoms with E-state index in [1.807, 2.05) is 12.1 Å². The lowest BCUT2D eigenvalue weighted by Crippen LogP contribution is -2.57. The smallest absolute Gasteiger partial charge is 0.242 e. The SMILES string of the molecule is COc1cccc(CN(Cc2ccc(C)cc2)C2CCN(C(C)=O)[C@@H](C(=O)NCC3CCC(CN)CC3)C2)c1. The lowest BCUT2D eigenvalue weighted by molar-refractivity contribution is -0.142. The summed E-state index contributed by atoms with van der Waals surface area (Å²) in [6, 6.07) is 16.6. The number of piperidine rings is 1. The number of nitrogens with one attached hydrogen (secondary N) is 1. The van der Waals surface area contributed by atoms with E-state index in [-0.39, 0.29) is 17.9 Å². The van der Waals surface area contributed by atoms with Crippen LogP contribution in [0.2, 0.25) is 0 Å². The number of rotatable bonds is 10. The van der Waals surface area contributed by atoms with Crippen LogP contribution in [0, 0.1) is 18.8 Å². The van der Waals surface area contributed by atoms with Gasteiger partial charge < -0.3 is 20.7 Å². The predicted octanol–water partition coefficient (Wildman–Crippen LogP) is 4.27. The van der Waals surface area contributed by atoms with Crippen LogP contribution in [-0.4, -0.2) is 60.4 Å². The van der Waals surface area contributed by atoms with E-state index in [0.29, 0.717) is 31.3 Å². The summed E-state index contributed by atoms with van der Waals surface area (Å²) in [5.41, 5.74) is 9.50. The Morgan fingerprint density at radius 2 is 1.69 bits per heavy atom. The van der Waals surface area contributed by atoms with Crippen molar-refractivity contribution in [3.8, 4) is 5.75 Å². The van der Waals surface area contributed by atoms with E-state index >= 15 is 0 Å². The summed E-state index contributed by atoms with van der Waals surface area (Å²) < 4.78 is 5.47. The normalized spacial score (nSPS) is 23.5. The first-order valence-electron chi connectivity index (χ1n) is 14.5. The molecule has 4 rings (SSSR count). The molecule has 7 nitrogen and oxygen atoms in total. The van der Waals surface area contributed by atoms with Gasteiger partial charge in [-0.1, -0.05) is 42.0 Å². The van der Waals surface area contributed by atoms with Crippen LogP contribution in [0.3, 0.4) is 0 Å². The molecular weight excluding hydrogens is 488 g/mol. The summed E-state index contributed by atoms with van der Waals surface area (Å²) in [6.07, 6.45) is 5.96. The Kier molecular flexibility index (Phi) is 10.4. The van der Waals surface area contributed by atoms with Crippen molar-refractivity contribution in [3.63, 3.8) is 0 Å². The van der Waals surface area contributed by atoms with Crippen LogP contribution < -0.4 is 15.8 Å². The maximum Gasteiger partial charge on any atom is 0.242 e. The molecule has 2 aromatic rings. The molecule has 212 valence electrons. The van der Waals surface area contributed by atoms with Gasteiger partial charge in [0.2, 0.25) is 11.8 Å². The molecule has 2 atom stereocenters. The number of carbonyl (C=O) groups is 2. The number of methoxy groups -OCH3 is 1. The van der Waals surface area contributed by atoms with Gasteiger partial charge >= 0.3 is 0 Å². The summed E-state index contributed by atoms with van der Waals surface area (Å²) in [5.74, 6) is 1.90. The fourth-order valence-corrected chi connectivity index (χ4v) is 6.19. The molecule has 2 aliphatic rings. The minimum atomic E-state index is -0.451. The molecule has 0 aromatic heterocycles. The number of ether oxygens (including phenoxy) is 1. The Morgan fingerprint density at radius 1 is 1.00 bits per heavy atom. The Labute approximate surface area is 234 Å². The second-order valence-corrected chi connectivity index (χ2v) is 11.5. The summed E-state index contributed by atoms with van der Waals surface area (Å²) >= 11 is 0. The van der Waals surface area contributed by atoms with Gasteiger partial charge in [0.05, 0.1) is 7.11 Å². The van der Waals surface area contributed by atoms with Crippen LogP contribution in [0.5, 0.6) is 5.75 Å². The minimum absolute atomic E-state index is 0.0208. The zero-order chi connectivity index (χ0) is 27.8. The van der Waals surface area contributed by atoms with Gasteiger partial charge in [-0.3, -0.25) is 14.5 Å². The first-order valence-corrected chi connectivity index (χ1v) is 14.5. The molecule has 39 heavy (non-hydrogen) atoms. The third-order valence-electron chi connectivity index (χ3n) is 8.69. The number of aryl methyl sites for hydroxylation is 1. The van der Waals surface area contributed by atoms with Crippen molar-refractivity contribution >= 4 is 11.8 Å². The zero-order valence-corrected chi connectivity index (χ0v) is 23.9. The predicted molar refractivity (Wildman–Crippen MR) is 155 cm³/mol. The summed E-state index contributed by atoms with van der Waals surface area (Å²) in [4.78, 5) is 30.3. The second kappa shape index (κ2) is 13.9. The third kappa shape index (κ3) is 8.05. The number of amides is 2. The van der Waals surface area contributed by atoms with Gasteiger partial charge in [0.15, 0.2) is 0 Å². The highest BCUT2D eigenvalue weighted by Crippen LogP contribution is 2.29. The number of hydrogen-bond acceptors (Lipinski definition) is 5. The van der Waals surface area contributed by atoms with Crippen molar-refractivity contribution in [2.75, 3.05) is 26.7 Å². The van der Waals surface area contributed by atoms with E-state index in [9.17, 15) is 9.59 Å². The van der Waals surface area contributed by atoms with E-state index < -0.39 is 6.04 Å². The highest BCUT2D eigenvalue weighted by Gasteiger charge is 2.37. The quantitative estimate of drug-likeness (QED) is 0.475. The molecule has 0 bridgehead atoms. The molecule has 7 heteroatoms. The maximum atomic E-state index is 13.5. The van der Waals surface area contributed by atoms with Crippen molar-refractivity contribution in [1.82, 2.24) is 15.1 Å². The standard InChI is InChI=1S/C32H46N4O3/c1-23-7-9-27(10-8-23)21-35(22-28-5-4-6-30(17-28)39-3)29-15-16-36(24(2)37)31(18-29)32(38)34-20-26-13-11-25(19-33)12-14-26/h4-10,17,25-26,29,31H,11-16,18-22,33H2,1-3H3,(H,34,38)/t25?,26?,29?,31-/m1/s1. The van der Waals surface area contributed by atoms with Gasteiger partial charge in [-0.05, 0) is 87.1 Å².